The van der Waals surface area contributed by atoms with Crippen molar-refractivity contribution >= 4 is 5.97 Å². The van der Waals surface area contributed by atoms with Gasteiger partial charge in [-0.3, -0.25) is 9.78 Å². The Labute approximate surface area is 119 Å². The van der Waals surface area contributed by atoms with Crippen LogP contribution in [0.4, 0.5) is 13.2 Å². The maximum atomic E-state index is 12.9. The second kappa shape index (κ2) is 5.95. The Morgan fingerprint density at radius 2 is 1.86 bits per heavy atom. The van der Waals surface area contributed by atoms with Gasteiger partial charge in [-0.2, -0.15) is 13.2 Å². The van der Waals surface area contributed by atoms with Crippen molar-refractivity contribution in [2.24, 2.45) is 0 Å². The van der Waals surface area contributed by atoms with Crippen molar-refractivity contribution in [2.75, 3.05) is 0 Å². The van der Waals surface area contributed by atoms with Crippen LogP contribution in [0, 0.1) is 0 Å². The minimum Gasteiger partial charge on any atom is -0.481 e. The molecule has 1 N–H and O–H groups in total. The average Bonchev–Trinajstić information content (AvgIpc) is 2.45. The summed E-state index contributed by atoms with van der Waals surface area (Å²) in [6.07, 6.45) is -2.91. The molecule has 0 spiro atoms. The highest BCUT2D eigenvalue weighted by molar-refractivity contribution is 5.68. The Hall–Kier alpha value is -2.37. The van der Waals surface area contributed by atoms with Crippen molar-refractivity contribution in [3.63, 3.8) is 0 Å². The third kappa shape index (κ3) is 3.81. The number of aryl methyl sites for hydroxylation is 1. The number of hydrogen-bond donors (Lipinski definition) is 1. The van der Waals surface area contributed by atoms with E-state index in [1.54, 1.807) is 6.07 Å². The number of aliphatic carboxylic acids is 1. The zero-order valence-electron chi connectivity index (χ0n) is 10.9. The lowest BCUT2D eigenvalue weighted by molar-refractivity contribution is -0.138. The van der Waals surface area contributed by atoms with Crippen LogP contribution in [0.3, 0.4) is 0 Å². The molecule has 0 amide bonds. The van der Waals surface area contributed by atoms with Gasteiger partial charge in [0.1, 0.15) is 0 Å². The molecule has 2 rings (SSSR count). The van der Waals surface area contributed by atoms with Crippen LogP contribution in [-0.4, -0.2) is 16.1 Å². The number of pyridine rings is 1. The van der Waals surface area contributed by atoms with Crippen molar-refractivity contribution in [1.29, 1.82) is 0 Å². The molecule has 2 aromatic rings. The zero-order valence-corrected chi connectivity index (χ0v) is 10.9. The van der Waals surface area contributed by atoms with Crippen molar-refractivity contribution in [1.82, 2.24) is 4.98 Å². The van der Waals surface area contributed by atoms with Crippen LogP contribution >= 0.6 is 0 Å². The standard InChI is InChI=1S/C15H12F3NO2/c16-15(17,18)13-4-2-1-3-12(13)10-5-6-11(19-9-10)7-8-14(20)21/h1-6,9H,7-8H2,(H,20,21). The van der Waals surface area contributed by atoms with E-state index in [2.05, 4.69) is 4.98 Å². The highest BCUT2D eigenvalue weighted by atomic mass is 19.4. The number of alkyl halides is 3. The van der Waals surface area contributed by atoms with Gasteiger partial charge in [0.25, 0.3) is 0 Å². The Morgan fingerprint density at radius 3 is 2.43 bits per heavy atom. The number of carboxylic acids is 1. The number of hydrogen-bond acceptors (Lipinski definition) is 2. The number of carboxylic acid groups (broad SMARTS) is 1. The van der Waals surface area contributed by atoms with Gasteiger partial charge in [0.05, 0.1) is 12.0 Å². The number of nitrogens with zero attached hydrogens (tertiary/aromatic N) is 1. The summed E-state index contributed by atoms with van der Waals surface area (Å²) in [6, 6.07) is 8.34. The maximum absolute atomic E-state index is 12.9. The molecular weight excluding hydrogens is 283 g/mol. The molecule has 6 heteroatoms. The monoisotopic (exact) mass is 295 g/mol. The van der Waals surface area contributed by atoms with Crippen LogP contribution < -0.4 is 0 Å². The molecular formula is C15H12F3NO2. The van der Waals surface area contributed by atoms with E-state index >= 15 is 0 Å². The Balaban J connectivity index is 2.29. The van der Waals surface area contributed by atoms with E-state index in [-0.39, 0.29) is 18.4 Å². The second-order valence-corrected chi connectivity index (χ2v) is 4.48. The summed E-state index contributed by atoms with van der Waals surface area (Å²) < 4.78 is 38.8. The lowest BCUT2D eigenvalue weighted by Gasteiger charge is -2.12. The minimum atomic E-state index is -4.43. The van der Waals surface area contributed by atoms with Crippen LogP contribution in [-0.2, 0) is 17.4 Å². The molecule has 0 aliphatic rings. The third-order valence-electron chi connectivity index (χ3n) is 2.96. The number of halogens is 3. The van der Waals surface area contributed by atoms with Gasteiger partial charge in [-0.25, -0.2) is 0 Å². The van der Waals surface area contributed by atoms with Gasteiger partial charge in [-0.05, 0) is 17.7 Å². The summed E-state index contributed by atoms with van der Waals surface area (Å²) in [7, 11) is 0. The fraction of sp³-hybridized carbons (Fsp3) is 0.200. The van der Waals surface area contributed by atoms with Crippen molar-refractivity contribution in [3.8, 4) is 11.1 Å². The SMILES string of the molecule is O=C(O)CCc1ccc(-c2ccccc2C(F)(F)F)cn1. The molecule has 1 aromatic carbocycles. The first-order valence-corrected chi connectivity index (χ1v) is 6.21. The normalized spacial score (nSPS) is 11.4. The molecule has 0 aliphatic heterocycles. The molecule has 0 aliphatic carbocycles. The van der Waals surface area contributed by atoms with Crippen LogP contribution in [0.15, 0.2) is 42.6 Å². The predicted molar refractivity (Wildman–Crippen MR) is 70.6 cm³/mol. The third-order valence-corrected chi connectivity index (χ3v) is 2.96. The largest absolute Gasteiger partial charge is 0.481 e. The van der Waals surface area contributed by atoms with Crippen LogP contribution in [0.5, 0.6) is 0 Å². The van der Waals surface area contributed by atoms with E-state index in [1.807, 2.05) is 0 Å². The zero-order chi connectivity index (χ0) is 15.5. The molecule has 1 aromatic heterocycles. The summed E-state index contributed by atoms with van der Waals surface area (Å²) in [5.74, 6) is -0.941. The Morgan fingerprint density at radius 1 is 1.14 bits per heavy atom. The molecule has 0 atom stereocenters. The molecule has 0 bridgehead atoms. The van der Waals surface area contributed by atoms with E-state index in [0.29, 0.717) is 11.3 Å². The van der Waals surface area contributed by atoms with Gasteiger partial charge in [-0.1, -0.05) is 24.3 Å². The van der Waals surface area contributed by atoms with Gasteiger partial charge in [0.15, 0.2) is 0 Å². The first kappa shape index (κ1) is 15.0. The fourth-order valence-corrected chi connectivity index (χ4v) is 1.95. The molecule has 1 heterocycles. The predicted octanol–water partition coefficient (Wildman–Crippen LogP) is 3.78. The summed E-state index contributed by atoms with van der Waals surface area (Å²) in [5, 5.41) is 8.58. The number of aromatic nitrogens is 1. The van der Waals surface area contributed by atoms with Gasteiger partial charge in [-0.15, -0.1) is 0 Å². The van der Waals surface area contributed by atoms with E-state index in [9.17, 15) is 18.0 Å². The average molecular weight is 295 g/mol. The summed E-state index contributed by atoms with van der Waals surface area (Å²) in [5.41, 5.74) is 0.222. The fourth-order valence-electron chi connectivity index (χ4n) is 1.95. The van der Waals surface area contributed by atoms with Crippen molar-refractivity contribution < 1.29 is 23.1 Å². The molecule has 0 saturated carbocycles. The lowest BCUT2D eigenvalue weighted by Crippen LogP contribution is -2.07. The Kier molecular flexibility index (Phi) is 4.26. The van der Waals surface area contributed by atoms with Gasteiger partial charge < -0.3 is 5.11 Å². The summed E-state index contributed by atoms with van der Waals surface area (Å²) >= 11 is 0. The lowest BCUT2D eigenvalue weighted by atomic mass is 10.0. The number of carbonyl (C=O) groups is 1. The van der Waals surface area contributed by atoms with E-state index < -0.39 is 17.7 Å². The molecule has 0 radical (unpaired) electrons. The quantitative estimate of drug-likeness (QED) is 0.933. The number of rotatable bonds is 4. The van der Waals surface area contributed by atoms with Crippen LogP contribution in [0.1, 0.15) is 17.7 Å². The summed E-state index contributed by atoms with van der Waals surface area (Å²) in [6.45, 7) is 0. The molecule has 0 saturated heterocycles. The first-order chi connectivity index (χ1) is 9.88. The topological polar surface area (TPSA) is 50.2 Å². The highest BCUT2D eigenvalue weighted by Crippen LogP contribution is 2.36. The van der Waals surface area contributed by atoms with Crippen LogP contribution in [0.25, 0.3) is 11.1 Å². The highest BCUT2D eigenvalue weighted by Gasteiger charge is 2.33. The summed E-state index contributed by atoms with van der Waals surface area (Å²) in [4.78, 5) is 14.5. The molecule has 21 heavy (non-hydrogen) atoms. The first-order valence-electron chi connectivity index (χ1n) is 6.21. The van der Waals surface area contributed by atoms with Gasteiger partial charge in [0.2, 0.25) is 0 Å². The minimum absolute atomic E-state index is 0.0577. The van der Waals surface area contributed by atoms with E-state index in [1.165, 1.54) is 30.5 Å². The maximum Gasteiger partial charge on any atom is 0.417 e. The molecule has 3 nitrogen and oxygen atoms in total. The van der Waals surface area contributed by atoms with Crippen molar-refractivity contribution in [3.05, 3.63) is 53.9 Å². The van der Waals surface area contributed by atoms with Gasteiger partial charge >= 0.3 is 12.1 Å². The molecule has 0 unspecified atom stereocenters. The van der Waals surface area contributed by atoms with Crippen LogP contribution in [0.2, 0.25) is 0 Å². The number of benzene rings is 1. The van der Waals surface area contributed by atoms with E-state index in [0.717, 1.165) is 6.07 Å². The van der Waals surface area contributed by atoms with Crippen molar-refractivity contribution in [2.45, 2.75) is 19.0 Å². The van der Waals surface area contributed by atoms with Gasteiger partial charge in [0, 0.05) is 23.9 Å². The Bertz CT molecular complexity index is 636. The second-order valence-electron chi connectivity index (χ2n) is 4.48. The smallest absolute Gasteiger partial charge is 0.417 e. The molecule has 110 valence electrons. The molecule has 0 fully saturated rings. The van der Waals surface area contributed by atoms with E-state index in [4.69, 9.17) is 5.11 Å².